The predicted molar refractivity (Wildman–Crippen MR) is 198 cm³/mol. The molecule has 2 spiro atoms. The van der Waals surface area contributed by atoms with E-state index in [4.69, 9.17) is 23.7 Å². The first-order chi connectivity index (χ1) is 25.9. The summed E-state index contributed by atoms with van der Waals surface area (Å²) in [5.41, 5.74) is -2.75. The fourth-order valence-electron chi connectivity index (χ4n) is 15.1. The van der Waals surface area contributed by atoms with E-state index in [9.17, 15) is 46.0 Å². The molecule has 5 saturated carbocycles. The lowest BCUT2D eigenvalue weighted by molar-refractivity contribution is -0.376. The van der Waals surface area contributed by atoms with Gasteiger partial charge in [0.15, 0.2) is 12.6 Å². The predicted octanol–water partition coefficient (Wildman–Crippen LogP) is 1.11. The smallest absolute Gasteiger partial charge is 0.187 e. The van der Waals surface area contributed by atoms with E-state index in [2.05, 4.69) is 34.6 Å². The van der Waals surface area contributed by atoms with Gasteiger partial charge in [0.1, 0.15) is 42.7 Å². The fraction of sp³-hybridized carbons (Fsp3) is 1.00. The quantitative estimate of drug-likeness (QED) is 0.165. The first-order valence-corrected chi connectivity index (χ1v) is 21.3. The van der Waals surface area contributed by atoms with E-state index in [0.29, 0.717) is 19.3 Å². The maximum Gasteiger partial charge on any atom is 0.187 e. The van der Waals surface area contributed by atoms with E-state index in [1.54, 1.807) is 13.8 Å². The number of aliphatic hydroxyl groups excluding tert-OH is 8. The Kier molecular flexibility index (Phi) is 10.1. The number of ether oxygens (including phenoxy) is 5. The largest absolute Gasteiger partial charge is 0.394 e. The molecule has 0 radical (unpaired) electrons. The zero-order valence-electron chi connectivity index (χ0n) is 34.5. The van der Waals surface area contributed by atoms with Gasteiger partial charge in [0.25, 0.3) is 0 Å². The Morgan fingerprint density at radius 3 is 2.04 bits per heavy atom. The van der Waals surface area contributed by atoms with Crippen LogP contribution in [0.15, 0.2) is 0 Å². The number of hydrogen-bond acceptors (Lipinski definition) is 14. The molecule has 22 atom stereocenters. The number of aliphatic hydroxyl groups is 9. The molecule has 3 aliphatic heterocycles. The van der Waals surface area contributed by atoms with Crippen molar-refractivity contribution in [1.29, 1.82) is 0 Å². The molecule has 0 aromatic heterocycles. The summed E-state index contributed by atoms with van der Waals surface area (Å²) in [5.74, 6) is -0.0345. The lowest BCUT2D eigenvalue weighted by Gasteiger charge is -2.65. The van der Waals surface area contributed by atoms with Gasteiger partial charge < -0.3 is 69.6 Å². The van der Waals surface area contributed by atoms with Crippen LogP contribution in [-0.4, -0.2) is 150 Å². The second kappa shape index (κ2) is 13.5. The fourth-order valence-corrected chi connectivity index (χ4v) is 15.1. The van der Waals surface area contributed by atoms with E-state index in [1.165, 1.54) is 6.92 Å². The van der Waals surface area contributed by atoms with Gasteiger partial charge in [-0.2, -0.15) is 0 Å². The molecule has 14 nitrogen and oxygen atoms in total. The van der Waals surface area contributed by atoms with Crippen LogP contribution in [0.4, 0.5) is 0 Å². The van der Waals surface area contributed by atoms with Gasteiger partial charge in [-0.25, -0.2) is 0 Å². The molecule has 0 aromatic rings. The van der Waals surface area contributed by atoms with Crippen LogP contribution in [0.5, 0.6) is 0 Å². The zero-order valence-corrected chi connectivity index (χ0v) is 34.5. The Balaban J connectivity index is 1.04. The van der Waals surface area contributed by atoms with Crippen molar-refractivity contribution in [3.05, 3.63) is 0 Å². The summed E-state index contributed by atoms with van der Waals surface area (Å²) in [5, 5.41) is 98.9. The van der Waals surface area contributed by atoms with E-state index < -0.39 is 103 Å². The van der Waals surface area contributed by atoms with Crippen molar-refractivity contribution in [3.8, 4) is 0 Å². The molecule has 0 bridgehead atoms. The van der Waals surface area contributed by atoms with Gasteiger partial charge in [-0.15, -0.1) is 0 Å². The SMILES string of the molecule is CC1OC(OC2C(OC3CCC45CC46CCC4(C)C(C7(C)CCC(C(C)(C)O)O7)C(O)CC4(C)C6CC(O)C5C3(C)C)OC(CO)C(O)C2O)C(O)C(O)C1O. The van der Waals surface area contributed by atoms with E-state index in [0.717, 1.165) is 38.5 Å². The molecule has 8 rings (SSSR count). The molecule has 8 aliphatic rings. The van der Waals surface area contributed by atoms with Crippen LogP contribution in [0.1, 0.15) is 113 Å². The molecular formula is C42H70O14. The minimum Gasteiger partial charge on any atom is -0.394 e. The van der Waals surface area contributed by atoms with Gasteiger partial charge in [0, 0.05) is 5.92 Å². The monoisotopic (exact) mass is 798 g/mol. The van der Waals surface area contributed by atoms with Crippen molar-refractivity contribution >= 4 is 0 Å². The van der Waals surface area contributed by atoms with Crippen LogP contribution in [0.25, 0.3) is 0 Å². The molecule has 9 N–H and O–H groups in total. The van der Waals surface area contributed by atoms with Crippen LogP contribution in [0.2, 0.25) is 0 Å². The highest BCUT2D eigenvalue weighted by Gasteiger charge is 2.85. The van der Waals surface area contributed by atoms with Crippen LogP contribution >= 0.6 is 0 Å². The standard InChI is InChI=1S/C42H70O14/c1-19-26(46)28(48)30(50)34(52-19)55-31-29(49)27(47)22(17-43)53-35(31)54-24-10-12-42-18-41(42)14-13-38(6)33(40(8)11-9-25(56-40)37(4,5)51)21(45)16-39(38,7)23(41)15-20(44)32(42)36(24,2)3/h19-35,43-51H,9-18H2,1-8H3. The summed E-state index contributed by atoms with van der Waals surface area (Å²) in [6, 6.07) is 0. The Morgan fingerprint density at radius 1 is 0.696 bits per heavy atom. The molecule has 56 heavy (non-hydrogen) atoms. The maximum atomic E-state index is 12.4. The van der Waals surface area contributed by atoms with Gasteiger partial charge in [0.2, 0.25) is 0 Å². The summed E-state index contributed by atoms with van der Waals surface area (Å²) in [7, 11) is 0. The van der Waals surface area contributed by atoms with Gasteiger partial charge >= 0.3 is 0 Å². The molecular weight excluding hydrogens is 728 g/mol. The highest BCUT2D eigenvalue weighted by molar-refractivity contribution is 5.33. The number of fused-ring (bicyclic) bond motifs is 2. The Hall–Kier alpha value is -0.560. The first-order valence-electron chi connectivity index (χ1n) is 21.3. The molecule has 0 amide bonds. The Labute approximate surface area is 330 Å². The topological polar surface area (TPSA) is 228 Å². The van der Waals surface area contributed by atoms with Crippen molar-refractivity contribution in [3.63, 3.8) is 0 Å². The molecule has 3 saturated heterocycles. The third kappa shape index (κ3) is 5.71. The summed E-state index contributed by atoms with van der Waals surface area (Å²) < 4.78 is 31.2. The summed E-state index contributed by atoms with van der Waals surface area (Å²) >= 11 is 0. The lowest BCUT2D eigenvalue weighted by atomic mass is 9.41. The lowest BCUT2D eigenvalue weighted by Crippen LogP contribution is -2.66. The minimum absolute atomic E-state index is 0.000889. The van der Waals surface area contributed by atoms with Crippen molar-refractivity contribution in [1.82, 2.24) is 0 Å². The maximum absolute atomic E-state index is 12.4. The average molecular weight is 799 g/mol. The number of hydrogen-bond donors (Lipinski definition) is 9. The minimum atomic E-state index is -1.67. The molecule has 322 valence electrons. The normalized spacial score (nSPS) is 59.2. The van der Waals surface area contributed by atoms with Crippen molar-refractivity contribution in [2.45, 2.75) is 210 Å². The van der Waals surface area contributed by atoms with Crippen LogP contribution in [0, 0.1) is 44.8 Å². The third-order valence-corrected chi connectivity index (χ3v) is 18.0. The van der Waals surface area contributed by atoms with Crippen molar-refractivity contribution < 1.29 is 69.6 Å². The summed E-state index contributed by atoms with van der Waals surface area (Å²) in [6.45, 7) is 15.6. The van der Waals surface area contributed by atoms with Crippen LogP contribution in [-0.2, 0) is 23.7 Å². The highest BCUT2D eigenvalue weighted by Crippen LogP contribution is 2.89. The molecule has 0 aromatic carbocycles. The Morgan fingerprint density at radius 2 is 1.39 bits per heavy atom. The van der Waals surface area contributed by atoms with Gasteiger partial charge in [-0.3, -0.25) is 0 Å². The molecule has 3 heterocycles. The molecule has 14 heteroatoms. The third-order valence-electron chi connectivity index (χ3n) is 18.0. The number of rotatable bonds is 7. The second-order valence-corrected chi connectivity index (χ2v) is 21.5. The summed E-state index contributed by atoms with van der Waals surface area (Å²) in [4.78, 5) is 0. The molecule has 22 unspecified atom stereocenters. The summed E-state index contributed by atoms with van der Waals surface area (Å²) in [6.07, 6.45) is -8.98. The van der Waals surface area contributed by atoms with Crippen LogP contribution in [0.3, 0.4) is 0 Å². The molecule has 8 fully saturated rings. The van der Waals surface area contributed by atoms with E-state index in [1.807, 2.05) is 0 Å². The second-order valence-electron chi connectivity index (χ2n) is 21.5. The first kappa shape index (κ1) is 42.1. The van der Waals surface area contributed by atoms with Gasteiger partial charge in [0.05, 0.1) is 48.3 Å². The Bertz CT molecular complexity index is 1490. The van der Waals surface area contributed by atoms with Crippen molar-refractivity contribution in [2.75, 3.05) is 6.61 Å². The van der Waals surface area contributed by atoms with E-state index >= 15 is 0 Å². The van der Waals surface area contributed by atoms with E-state index in [-0.39, 0.29) is 45.5 Å². The van der Waals surface area contributed by atoms with Gasteiger partial charge in [-0.05, 0) is 124 Å². The van der Waals surface area contributed by atoms with Gasteiger partial charge in [-0.1, -0.05) is 27.7 Å². The zero-order chi connectivity index (χ0) is 40.9. The molecule has 5 aliphatic carbocycles. The van der Waals surface area contributed by atoms with Crippen molar-refractivity contribution in [2.24, 2.45) is 44.8 Å². The highest BCUT2D eigenvalue weighted by atomic mass is 16.8. The van der Waals surface area contributed by atoms with Crippen LogP contribution < -0.4 is 0 Å². The average Bonchev–Trinajstić information content (AvgIpc) is 3.47.